The van der Waals surface area contributed by atoms with Gasteiger partial charge in [0.2, 0.25) is 0 Å². The van der Waals surface area contributed by atoms with Crippen molar-refractivity contribution in [2.24, 2.45) is 0 Å². The summed E-state index contributed by atoms with van der Waals surface area (Å²) in [5.74, 6) is 0.400. The number of hydrogen-bond acceptors (Lipinski definition) is 3. The minimum Gasteiger partial charge on any atom is -0.456 e. The van der Waals surface area contributed by atoms with Crippen LogP contribution in [0, 0.1) is 0 Å². The first-order valence-corrected chi connectivity index (χ1v) is 17.9. The third-order valence-electron chi connectivity index (χ3n) is 9.94. The minimum absolute atomic E-state index is 0.0895. The highest BCUT2D eigenvalue weighted by molar-refractivity contribution is 7.26. The number of rotatable bonds is 5. The Morgan fingerprint density at radius 3 is 2.16 bits per heavy atom. The van der Waals surface area contributed by atoms with Crippen LogP contribution in [0.5, 0.6) is 0 Å². The lowest BCUT2D eigenvalue weighted by Gasteiger charge is -2.19. The maximum atomic E-state index is 6.45. The molecule has 238 valence electrons. The lowest BCUT2D eigenvalue weighted by atomic mass is 9.86. The van der Waals surface area contributed by atoms with E-state index in [4.69, 9.17) is 4.42 Å². The number of fused-ring (bicyclic) bond motifs is 6. The normalized spacial score (nSPS) is 14.8. The van der Waals surface area contributed by atoms with E-state index in [1.165, 1.54) is 53.6 Å². The van der Waals surface area contributed by atoms with Crippen molar-refractivity contribution in [3.8, 4) is 22.3 Å². The molecular weight excluding hydrogens is 615 g/mol. The Balaban J connectivity index is 1.09. The van der Waals surface area contributed by atoms with Crippen LogP contribution in [0.2, 0.25) is 0 Å². The van der Waals surface area contributed by atoms with Crippen molar-refractivity contribution in [2.45, 2.75) is 38.5 Å². The second-order valence-electron chi connectivity index (χ2n) is 14.2. The molecule has 3 heteroatoms. The summed E-state index contributed by atoms with van der Waals surface area (Å²) in [7, 11) is 0. The highest BCUT2D eigenvalue weighted by Crippen LogP contribution is 2.45. The third-order valence-corrected chi connectivity index (χ3v) is 11.2. The number of allylic oxidation sites excluding steroid dienone is 4. The van der Waals surface area contributed by atoms with Gasteiger partial charge in [0, 0.05) is 37.2 Å². The number of benzene rings is 6. The Kier molecular flexibility index (Phi) is 7.07. The standard InChI is InChI=1S/C46H37NOS/c1-46(2,3)38-20-9-19-37-36-18-8-17-35(44(36)49-45(37)38)30-24-26-33(27-25-30)47-39-21-11-23-41-43(39)42-34(16-10-22-40(42)48-41)32-15-7-14-31(28-32)29-12-5-4-6-13-29/h4-12,14-29,47H,13H2,1-3H3. The molecule has 1 atom stereocenters. The van der Waals surface area contributed by atoms with Gasteiger partial charge in [0.1, 0.15) is 11.2 Å². The molecule has 0 bridgehead atoms. The first kappa shape index (κ1) is 29.7. The lowest BCUT2D eigenvalue weighted by molar-refractivity contribution is 0.597. The van der Waals surface area contributed by atoms with Gasteiger partial charge < -0.3 is 9.73 Å². The molecule has 9 rings (SSSR count). The van der Waals surface area contributed by atoms with Gasteiger partial charge in [-0.05, 0) is 75.5 Å². The molecule has 2 aromatic heterocycles. The van der Waals surface area contributed by atoms with Crippen LogP contribution in [0.1, 0.15) is 44.2 Å². The number of furan rings is 1. The molecule has 0 spiro atoms. The SMILES string of the molecule is CC(C)(C)c1cccc2c1sc1c(-c3ccc(Nc4cccc5oc6cccc(-c7cccc(C8C=CC=CC8)c7)c6c45)cc3)cccc12. The van der Waals surface area contributed by atoms with Crippen LogP contribution in [-0.2, 0) is 5.41 Å². The lowest BCUT2D eigenvalue weighted by Crippen LogP contribution is -2.10. The summed E-state index contributed by atoms with van der Waals surface area (Å²) in [6, 6.07) is 44.0. The van der Waals surface area contributed by atoms with E-state index in [2.05, 4.69) is 172 Å². The van der Waals surface area contributed by atoms with Crippen molar-refractivity contribution in [2.75, 3.05) is 5.32 Å². The predicted octanol–water partition coefficient (Wildman–Crippen LogP) is 13.9. The largest absolute Gasteiger partial charge is 0.456 e. The summed E-state index contributed by atoms with van der Waals surface area (Å²) in [4.78, 5) is 0. The Bertz CT molecular complexity index is 2590. The molecule has 8 aromatic rings. The summed E-state index contributed by atoms with van der Waals surface area (Å²) in [5, 5.41) is 8.68. The van der Waals surface area contributed by atoms with Gasteiger partial charge in [-0.15, -0.1) is 11.3 Å². The van der Waals surface area contributed by atoms with E-state index in [9.17, 15) is 0 Å². The fourth-order valence-corrected chi connectivity index (χ4v) is 9.06. The van der Waals surface area contributed by atoms with Crippen molar-refractivity contribution in [1.29, 1.82) is 0 Å². The Hall–Kier alpha value is -5.38. The van der Waals surface area contributed by atoms with Gasteiger partial charge in [0.15, 0.2) is 0 Å². The Morgan fingerprint density at radius 1 is 0.653 bits per heavy atom. The van der Waals surface area contributed by atoms with E-state index >= 15 is 0 Å². The van der Waals surface area contributed by atoms with Gasteiger partial charge in [-0.3, -0.25) is 0 Å². The van der Waals surface area contributed by atoms with Gasteiger partial charge >= 0.3 is 0 Å². The van der Waals surface area contributed by atoms with Crippen molar-refractivity contribution >= 4 is 64.8 Å². The molecule has 49 heavy (non-hydrogen) atoms. The molecule has 0 saturated carbocycles. The Morgan fingerprint density at radius 2 is 1.37 bits per heavy atom. The summed E-state index contributed by atoms with van der Waals surface area (Å²) >= 11 is 1.92. The van der Waals surface area contributed by atoms with Gasteiger partial charge in [0.05, 0.1) is 11.1 Å². The minimum atomic E-state index is 0.0895. The molecular formula is C46H37NOS. The van der Waals surface area contributed by atoms with Crippen LogP contribution < -0.4 is 5.32 Å². The predicted molar refractivity (Wildman–Crippen MR) is 212 cm³/mol. The molecule has 0 aliphatic heterocycles. The van der Waals surface area contributed by atoms with Crippen molar-refractivity contribution in [1.82, 2.24) is 0 Å². The van der Waals surface area contributed by atoms with E-state index in [1.54, 1.807) is 0 Å². The van der Waals surface area contributed by atoms with Crippen LogP contribution in [-0.4, -0.2) is 0 Å². The smallest absolute Gasteiger partial charge is 0.137 e. The molecule has 1 N–H and O–H groups in total. The molecule has 0 saturated heterocycles. The van der Waals surface area contributed by atoms with E-state index in [0.717, 1.165) is 39.7 Å². The zero-order chi connectivity index (χ0) is 33.1. The number of nitrogens with one attached hydrogen (secondary N) is 1. The molecule has 6 aromatic carbocycles. The number of anilines is 2. The van der Waals surface area contributed by atoms with E-state index in [-0.39, 0.29) is 5.41 Å². The summed E-state index contributed by atoms with van der Waals surface area (Å²) < 4.78 is 9.19. The summed E-state index contributed by atoms with van der Waals surface area (Å²) in [5.41, 5.74) is 11.6. The highest BCUT2D eigenvalue weighted by Gasteiger charge is 2.21. The average molecular weight is 652 g/mol. The first-order valence-electron chi connectivity index (χ1n) is 17.1. The van der Waals surface area contributed by atoms with Crippen LogP contribution >= 0.6 is 11.3 Å². The van der Waals surface area contributed by atoms with Crippen LogP contribution in [0.3, 0.4) is 0 Å². The summed E-state index contributed by atoms with van der Waals surface area (Å²) in [6.45, 7) is 6.91. The third kappa shape index (κ3) is 5.17. The maximum absolute atomic E-state index is 6.45. The van der Waals surface area contributed by atoms with Gasteiger partial charge in [0.25, 0.3) is 0 Å². The fourth-order valence-electron chi connectivity index (χ4n) is 7.50. The second-order valence-corrected chi connectivity index (χ2v) is 15.2. The van der Waals surface area contributed by atoms with E-state index in [0.29, 0.717) is 5.92 Å². The summed E-state index contributed by atoms with van der Waals surface area (Å²) in [6.07, 6.45) is 9.87. The average Bonchev–Trinajstić information content (AvgIpc) is 3.71. The van der Waals surface area contributed by atoms with Crippen molar-refractivity contribution in [3.63, 3.8) is 0 Å². The molecule has 0 amide bonds. The molecule has 2 nitrogen and oxygen atoms in total. The van der Waals surface area contributed by atoms with E-state index < -0.39 is 0 Å². The molecule has 0 fully saturated rings. The molecule has 2 heterocycles. The molecule has 1 aliphatic rings. The first-order chi connectivity index (χ1) is 23.9. The molecule has 1 unspecified atom stereocenters. The highest BCUT2D eigenvalue weighted by atomic mass is 32.1. The molecule has 0 radical (unpaired) electrons. The van der Waals surface area contributed by atoms with Gasteiger partial charge in [-0.2, -0.15) is 0 Å². The van der Waals surface area contributed by atoms with Gasteiger partial charge in [-0.1, -0.05) is 136 Å². The molecule has 1 aliphatic carbocycles. The van der Waals surface area contributed by atoms with Crippen molar-refractivity contribution in [3.05, 3.63) is 157 Å². The quantitative estimate of drug-likeness (QED) is 0.200. The van der Waals surface area contributed by atoms with Crippen LogP contribution in [0.4, 0.5) is 11.4 Å². The van der Waals surface area contributed by atoms with Gasteiger partial charge in [-0.25, -0.2) is 0 Å². The zero-order valence-electron chi connectivity index (χ0n) is 28.0. The maximum Gasteiger partial charge on any atom is 0.137 e. The topological polar surface area (TPSA) is 25.2 Å². The number of thiophene rings is 1. The Labute approximate surface area is 291 Å². The second kappa shape index (κ2) is 11.6. The monoisotopic (exact) mass is 651 g/mol. The van der Waals surface area contributed by atoms with Crippen molar-refractivity contribution < 1.29 is 4.42 Å². The van der Waals surface area contributed by atoms with E-state index in [1.807, 2.05) is 11.3 Å². The van der Waals surface area contributed by atoms with Crippen LogP contribution in [0.15, 0.2) is 150 Å². The van der Waals surface area contributed by atoms with Crippen LogP contribution in [0.25, 0.3) is 64.4 Å². The fraction of sp³-hybridized carbons (Fsp3) is 0.130. The number of hydrogen-bond donors (Lipinski definition) is 1. The zero-order valence-corrected chi connectivity index (χ0v) is 28.8.